The summed E-state index contributed by atoms with van der Waals surface area (Å²) in [5, 5.41) is 1.85. The molecule has 1 N–H and O–H groups in total. The van der Waals surface area contributed by atoms with Crippen LogP contribution in [0.2, 0.25) is 5.02 Å². The van der Waals surface area contributed by atoms with Gasteiger partial charge in [0.1, 0.15) is 0 Å². The summed E-state index contributed by atoms with van der Waals surface area (Å²) in [7, 11) is 0. The number of aromatic amines is 1. The van der Waals surface area contributed by atoms with Crippen LogP contribution in [-0.2, 0) is 16.1 Å². The molecule has 1 aromatic heterocycles. The van der Waals surface area contributed by atoms with E-state index < -0.39 is 0 Å². The Kier molecular flexibility index (Phi) is 3.86. The van der Waals surface area contributed by atoms with E-state index in [1.807, 2.05) is 24.3 Å². The smallest absolute Gasteiger partial charge is 0.310 e. The van der Waals surface area contributed by atoms with Gasteiger partial charge in [-0.05, 0) is 6.07 Å². The lowest BCUT2D eigenvalue weighted by molar-refractivity contribution is -0.141. The molecule has 2 fully saturated rings. The molecule has 4 rings (SSSR count). The molecule has 4 nitrogen and oxygen atoms in total. The zero-order chi connectivity index (χ0) is 13.7. The molecule has 2 saturated heterocycles. The lowest BCUT2D eigenvalue weighted by Crippen LogP contribution is -2.23. The number of hydrogen-bond acceptors (Lipinski definition) is 3. The second kappa shape index (κ2) is 5.52. The van der Waals surface area contributed by atoms with Gasteiger partial charge in [0.25, 0.3) is 0 Å². The first-order chi connectivity index (χ1) is 9.72. The molecular formula is C15H16Cl2N2O2. The van der Waals surface area contributed by atoms with Crippen LogP contribution in [0.3, 0.4) is 0 Å². The number of hydrogen-bond donors (Lipinski definition) is 1. The second-order valence-electron chi connectivity index (χ2n) is 5.65. The first-order valence-corrected chi connectivity index (χ1v) is 7.24. The average molecular weight is 327 g/mol. The molecule has 0 spiro atoms. The molecule has 0 radical (unpaired) electrons. The van der Waals surface area contributed by atoms with Crippen molar-refractivity contribution < 1.29 is 9.53 Å². The number of para-hydroxylation sites is 1. The fraction of sp³-hybridized carbons (Fsp3) is 0.400. The summed E-state index contributed by atoms with van der Waals surface area (Å²) in [6.45, 7) is 3.01. The minimum absolute atomic E-state index is 0. The van der Waals surface area contributed by atoms with E-state index in [1.165, 1.54) is 0 Å². The summed E-state index contributed by atoms with van der Waals surface area (Å²) >= 11 is 6.44. The van der Waals surface area contributed by atoms with Crippen molar-refractivity contribution in [2.24, 2.45) is 11.8 Å². The minimum atomic E-state index is -0.0414. The molecule has 6 heteroatoms. The van der Waals surface area contributed by atoms with Crippen molar-refractivity contribution in [1.29, 1.82) is 0 Å². The Morgan fingerprint density at radius 1 is 1.33 bits per heavy atom. The van der Waals surface area contributed by atoms with Crippen molar-refractivity contribution in [3.63, 3.8) is 0 Å². The van der Waals surface area contributed by atoms with Gasteiger partial charge in [0.05, 0.1) is 17.5 Å². The predicted octanol–water partition coefficient (Wildman–Crippen LogP) is 2.85. The Bertz CT molecular complexity index is 685. The SMILES string of the molecule is Cl.O=C1OC[C@H]2CN(Cc3[nH]c4ccccc4c3Cl)C[C@@H]12. The van der Waals surface area contributed by atoms with Crippen LogP contribution in [0.1, 0.15) is 5.69 Å². The van der Waals surface area contributed by atoms with Gasteiger partial charge in [-0.25, -0.2) is 0 Å². The van der Waals surface area contributed by atoms with Crippen molar-refractivity contribution in [2.45, 2.75) is 6.54 Å². The predicted molar refractivity (Wildman–Crippen MR) is 83.8 cm³/mol. The number of carbonyl (C=O) groups is 1. The normalized spacial score (nSPS) is 24.9. The molecule has 112 valence electrons. The highest BCUT2D eigenvalue weighted by atomic mass is 35.5. The number of nitrogens with zero attached hydrogens (tertiary/aromatic N) is 1. The minimum Gasteiger partial charge on any atom is -0.465 e. The number of H-pyrrole nitrogens is 1. The van der Waals surface area contributed by atoms with E-state index in [0.29, 0.717) is 12.5 Å². The van der Waals surface area contributed by atoms with Crippen molar-refractivity contribution in [3.05, 3.63) is 35.0 Å². The maximum Gasteiger partial charge on any atom is 0.310 e. The number of benzene rings is 1. The van der Waals surface area contributed by atoms with Crippen LogP contribution in [0.15, 0.2) is 24.3 Å². The topological polar surface area (TPSA) is 45.3 Å². The first kappa shape index (κ1) is 14.7. The number of halogens is 2. The van der Waals surface area contributed by atoms with Crippen molar-refractivity contribution in [2.75, 3.05) is 19.7 Å². The summed E-state index contributed by atoms with van der Waals surface area (Å²) in [6.07, 6.45) is 0. The molecule has 0 unspecified atom stereocenters. The van der Waals surface area contributed by atoms with Gasteiger partial charge in [-0.2, -0.15) is 0 Å². The highest BCUT2D eigenvalue weighted by Crippen LogP contribution is 2.33. The van der Waals surface area contributed by atoms with Crippen LogP contribution < -0.4 is 0 Å². The largest absolute Gasteiger partial charge is 0.465 e. The molecule has 0 bridgehead atoms. The molecule has 0 saturated carbocycles. The number of likely N-dealkylation sites (tertiary alicyclic amines) is 1. The summed E-state index contributed by atoms with van der Waals surface area (Å²) in [4.78, 5) is 17.2. The van der Waals surface area contributed by atoms with E-state index in [4.69, 9.17) is 16.3 Å². The third kappa shape index (κ3) is 2.41. The quantitative estimate of drug-likeness (QED) is 0.863. The molecule has 2 aromatic rings. The first-order valence-electron chi connectivity index (χ1n) is 6.86. The number of rotatable bonds is 2. The van der Waals surface area contributed by atoms with E-state index in [1.54, 1.807) is 0 Å². The molecule has 1 aromatic carbocycles. The highest BCUT2D eigenvalue weighted by molar-refractivity contribution is 6.36. The summed E-state index contributed by atoms with van der Waals surface area (Å²) in [6, 6.07) is 8.03. The third-order valence-electron chi connectivity index (χ3n) is 4.35. The van der Waals surface area contributed by atoms with Gasteiger partial charge in [-0.15, -0.1) is 12.4 Å². The maximum atomic E-state index is 11.6. The Morgan fingerprint density at radius 3 is 2.90 bits per heavy atom. The maximum absolute atomic E-state index is 11.6. The van der Waals surface area contributed by atoms with Gasteiger partial charge < -0.3 is 9.72 Å². The Labute approximate surface area is 133 Å². The molecule has 3 heterocycles. The van der Waals surface area contributed by atoms with Gasteiger partial charge in [0.2, 0.25) is 0 Å². The van der Waals surface area contributed by atoms with Crippen LogP contribution in [0.25, 0.3) is 10.9 Å². The summed E-state index contributed by atoms with van der Waals surface area (Å²) < 4.78 is 5.09. The molecule has 2 aliphatic heterocycles. The van der Waals surface area contributed by atoms with Crippen molar-refractivity contribution >= 4 is 40.9 Å². The van der Waals surface area contributed by atoms with Gasteiger partial charge in [-0.1, -0.05) is 29.8 Å². The molecule has 0 amide bonds. The lowest BCUT2D eigenvalue weighted by Gasteiger charge is -2.15. The molecule has 0 aliphatic carbocycles. The zero-order valence-electron chi connectivity index (χ0n) is 11.3. The molecule has 2 aliphatic rings. The van der Waals surface area contributed by atoms with Gasteiger partial charge >= 0.3 is 5.97 Å². The summed E-state index contributed by atoms with van der Waals surface area (Å²) in [5.74, 6) is 0.365. The Hall–Kier alpha value is -1.23. The highest BCUT2D eigenvalue weighted by Gasteiger charge is 2.43. The van der Waals surface area contributed by atoms with Crippen molar-refractivity contribution in [1.82, 2.24) is 9.88 Å². The fourth-order valence-corrected chi connectivity index (χ4v) is 3.59. The third-order valence-corrected chi connectivity index (χ3v) is 4.79. The second-order valence-corrected chi connectivity index (χ2v) is 6.03. The van der Waals surface area contributed by atoms with Crippen LogP contribution in [-0.4, -0.2) is 35.5 Å². The number of aromatic nitrogens is 1. The van der Waals surface area contributed by atoms with E-state index in [2.05, 4.69) is 9.88 Å². The van der Waals surface area contributed by atoms with Gasteiger partial charge in [-0.3, -0.25) is 9.69 Å². The van der Waals surface area contributed by atoms with E-state index in [0.717, 1.165) is 41.3 Å². The van der Waals surface area contributed by atoms with E-state index in [-0.39, 0.29) is 24.3 Å². The van der Waals surface area contributed by atoms with Crippen LogP contribution in [0, 0.1) is 11.8 Å². The van der Waals surface area contributed by atoms with E-state index in [9.17, 15) is 4.79 Å². The summed E-state index contributed by atoms with van der Waals surface area (Å²) in [5.41, 5.74) is 2.09. The zero-order valence-corrected chi connectivity index (χ0v) is 12.9. The van der Waals surface area contributed by atoms with Gasteiger partial charge in [0.15, 0.2) is 0 Å². The van der Waals surface area contributed by atoms with Gasteiger partial charge in [0, 0.05) is 42.1 Å². The number of fused-ring (bicyclic) bond motifs is 2. The fourth-order valence-electron chi connectivity index (χ4n) is 3.32. The van der Waals surface area contributed by atoms with Crippen LogP contribution in [0.5, 0.6) is 0 Å². The number of carbonyl (C=O) groups excluding carboxylic acids is 1. The number of ether oxygens (including phenoxy) is 1. The van der Waals surface area contributed by atoms with E-state index >= 15 is 0 Å². The Balaban J connectivity index is 0.00000132. The van der Waals surface area contributed by atoms with Crippen molar-refractivity contribution in [3.8, 4) is 0 Å². The van der Waals surface area contributed by atoms with Crippen LogP contribution in [0.4, 0.5) is 0 Å². The Morgan fingerprint density at radius 2 is 2.14 bits per heavy atom. The average Bonchev–Trinajstić information content (AvgIpc) is 3.08. The molecular weight excluding hydrogens is 311 g/mol. The molecule has 2 atom stereocenters. The number of nitrogens with one attached hydrogen (secondary N) is 1. The standard InChI is InChI=1S/C15H15ClN2O2.ClH/c16-14-10-3-1-2-4-12(10)17-13(14)7-18-5-9-8-20-15(19)11(9)6-18;/h1-4,9,11,17H,5-8H2;1H/t9-,11-;/m1./s1. The number of esters is 1. The molecule has 21 heavy (non-hydrogen) atoms. The van der Waals surface area contributed by atoms with Crippen LogP contribution >= 0.6 is 24.0 Å². The lowest BCUT2D eigenvalue weighted by atomic mass is 10.0. The number of cyclic esters (lactones) is 1. The monoisotopic (exact) mass is 326 g/mol.